The number of benzene rings is 2. The van der Waals surface area contributed by atoms with Crippen molar-refractivity contribution >= 4 is 26.7 Å². The van der Waals surface area contributed by atoms with Gasteiger partial charge in [0.2, 0.25) is 5.88 Å². The zero-order chi connectivity index (χ0) is 25.9. The van der Waals surface area contributed by atoms with Crippen LogP contribution in [0.3, 0.4) is 0 Å². The molecule has 4 rings (SSSR count). The Morgan fingerprint density at radius 2 is 1.78 bits per heavy atom. The van der Waals surface area contributed by atoms with Gasteiger partial charge in [0.1, 0.15) is 24.7 Å². The summed E-state index contributed by atoms with van der Waals surface area (Å²) in [6.45, 7) is 6.12. The van der Waals surface area contributed by atoms with Crippen molar-refractivity contribution in [3.63, 3.8) is 0 Å². The molecule has 0 fully saturated rings. The first kappa shape index (κ1) is 25.5. The average Bonchev–Trinajstić information content (AvgIpc) is 3.44. The summed E-state index contributed by atoms with van der Waals surface area (Å²) in [5, 5.41) is 4.95. The Balaban J connectivity index is 1.64. The minimum Gasteiger partial charge on any atom is -0.490 e. The van der Waals surface area contributed by atoms with Crippen LogP contribution < -0.4 is 9.47 Å². The van der Waals surface area contributed by atoms with Crippen LogP contribution in [0, 0.1) is 6.92 Å². The van der Waals surface area contributed by atoms with Crippen LogP contribution >= 0.6 is 0 Å². The van der Waals surface area contributed by atoms with E-state index in [4.69, 9.17) is 9.47 Å². The molecular weight excluding hydrogens is 478 g/mol. The summed E-state index contributed by atoms with van der Waals surface area (Å²) in [5.74, 6) is 1.22. The van der Waals surface area contributed by atoms with Gasteiger partial charge in [-0.2, -0.15) is 0 Å². The van der Waals surface area contributed by atoms with E-state index in [1.165, 1.54) is 3.97 Å². The molecule has 2 aromatic heterocycles. The molecule has 0 saturated carbocycles. The lowest BCUT2D eigenvalue weighted by atomic mass is 9.95. The molecule has 0 bridgehead atoms. The predicted octanol–water partition coefficient (Wildman–Crippen LogP) is 4.85. The summed E-state index contributed by atoms with van der Waals surface area (Å²) in [5.41, 5.74) is 2.41. The van der Waals surface area contributed by atoms with Gasteiger partial charge >= 0.3 is 0 Å². The number of Topliss-reactive ketones (excluding diaryl/α,β-unsaturated/α-hetero) is 1. The fraction of sp³-hybridized carbons (Fsp3) is 0.333. The van der Waals surface area contributed by atoms with Gasteiger partial charge in [0, 0.05) is 37.3 Å². The van der Waals surface area contributed by atoms with Gasteiger partial charge in [-0.3, -0.25) is 4.68 Å². The van der Waals surface area contributed by atoms with Crippen LogP contribution in [0.4, 0.5) is 0 Å². The van der Waals surface area contributed by atoms with E-state index in [-0.39, 0.29) is 16.6 Å². The first-order valence-electron chi connectivity index (χ1n) is 11.9. The molecule has 0 aliphatic carbocycles. The number of hydrogen-bond acceptors (Lipinski definition) is 6. The van der Waals surface area contributed by atoms with Crippen LogP contribution in [0.15, 0.2) is 65.8 Å². The second kappa shape index (κ2) is 10.6. The highest BCUT2D eigenvalue weighted by Gasteiger charge is 2.24. The van der Waals surface area contributed by atoms with E-state index in [2.05, 4.69) is 5.10 Å². The monoisotopic (exact) mass is 509 g/mol. The van der Waals surface area contributed by atoms with Crippen molar-refractivity contribution in [1.29, 1.82) is 0 Å². The molecule has 1 unspecified atom stereocenters. The third-order valence-corrected chi connectivity index (χ3v) is 7.79. The Labute approximate surface area is 211 Å². The SMILES string of the molecule is CC(=O)CCC(C)c1cn(S(=O)(=O)c2ccc(C)cc2)c2ccc(OCCOc3ccn(C)n3)cc12. The Kier molecular flexibility index (Phi) is 7.49. The Bertz CT molecular complexity index is 1470. The molecule has 0 aliphatic rings. The number of aryl methyl sites for hydroxylation is 2. The summed E-state index contributed by atoms with van der Waals surface area (Å²) in [6, 6.07) is 14.0. The lowest BCUT2D eigenvalue weighted by Crippen LogP contribution is -2.12. The van der Waals surface area contributed by atoms with Crippen molar-refractivity contribution in [2.24, 2.45) is 7.05 Å². The van der Waals surface area contributed by atoms with Gasteiger partial charge in [-0.15, -0.1) is 5.10 Å². The van der Waals surface area contributed by atoms with E-state index in [0.717, 1.165) is 16.5 Å². The van der Waals surface area contributed by atoms with Crippen molar-refractivity contribution < 1.29 is 22.7 Å². The Morgan fingerprint density at radius 3 is 2.44 bits per heavy atom. The minimum absolute atomic E-state index is 0.0198. The molecule has 0 radical (unpaired) electrons. The minimum atomic E-state index is -3.81. The van der Waals surface area contributed by atoms with E-state index in [9.17, 15) is 13.2 Å². The van der Waals surface area contributed by atoms with Gasteiger partial charge < -0.3 is 14.3 Å². The van der Waals surface area contributed by atoms with Gasteiger partial charge in [0.15, 0.2) is 0 Å². The fourth-order valence-electron chi connectivity index (χ4n) is 4.06. The van der Waals surface area contributed by atoms with Gasteiger partial charge in [-0.25, -0.2) is 12.4 Å². The van der Waals surface area contributed by atoms with Crippen LogP contribution in [0.2, 0.25) is 0 Å². The van der Waals surface area contributed by atoms with E-state index in [0.29, 0.717) is 43.2 Å². The first-order chi connectivity index (χ1) is 17.1. The van der Waals surface area contributed by atoms with Crippen molar-refractivity contribution in [2.75, 3.05) is 13.2 Å². The zero-order valence-corrected chi connectivity index (χ0v) is 21.8. The van der Waals surface area contributed by atoms with Crippen LogP contribution in [-0.2, 0) is 21.9 Å². The van der Waals surface area contributed by atoms with Crippen molar-refractivity contribution in [1.82, 2.24) is 13.8 Å². The lowest BCUT2D eigenvalue weighted by Gasteiger charge is -2.11. The van der Waals surface area contributed by atoms with Crippen molar-refractivity contribution in [2.45, 2.75) is 44.4 Å². The highest BCUT2D eigenvalue weighted by Crippen LogP contribution is 2.35. The average molecular weight is 510 g/mol. The number of hydrogen-bond donors (Lipinski definition) is 0. The van der Waals surface area contributed by atoms with Crippen LogP contribution in [0.5, 0.6) is 11.6 Å². The van der Waals surface area contributed by atoms with Crippen molar-refractivity contribution in [3.8, 4) is 11.6 Å². The lowest BCUT2D eigenvalue weighted by molar-refractivity contribution is -0.117. The molecule has 2 heterocycles. The van der Waals surface area contributed by atoms with E-state index in [1.807, 2.05) is 27.0 Å². The first-order valence-corrected chi connectivity index (χ1v) is 13.3. The van der Waals surface area contributed by atoms with Gasteiger partial charge in [0.05, 0.1) is 10.4 Å². The summed E-state index contributed by atoms with van der Waals surface area (Å²) in [7, 11) is -1.99. The number of aromatic nitrogens is 3. The summed E-state index contributed by atoms with van der Waals surface area (Å²) >= 11 is 0. The number of rotatable bonds is 11. The quantitative estimate of drug-likeness (QED) is 0.268. The molecule has 0 amide bonds. The largest absolute Gasteiger partial charge is 0.490 e. The second-order valence-electron chi connectivity index (χ2n) is 9.04. The second-order valence-corrected chi connectivity index (χ2v) is 10.9. The van der Waals surface area contributed by atoms with E-state index < -0.39 is 10.0 Å². The number of fused-ring (bicyclic) bond motifs is 1. The van der Waals surface area contributed by atoms with Gasteiger partial charge in [0.25, 0.3) is 10.0 Å². The number of nitrogens with zero attached hydrogens (tertiary/aromatic N) is 3. The molecular formula is C27H31N3O5S. The Hall–Kier alpha value is -3.59. The number of carbonyl (C=O) groups excluding carboxylic acids is 1. The molecule has 4 aromatic rings. The number of ketones is 1. The fourth-order valence-corrected chi connectivity index (χ4v) is 5.44. The number of ether oxygens (including phenoxy) is 2. The molecule has 0 N–H and O–H groups in total. The maximum absolute atomic E-state index is 13.5. The van der Waals surface area contributed by atoms with Crippen molar-refractivity contribution in [3.05, 3.63) is 72.1 Å². The van der Waals surface area contributed by atoms with Crippen LogP contribution in [-0.4, -0.2) is 41.2 Å². The normalized spacial score (nSPS) is 12.6. The molecule has 0 aliphatic heterocycles. The topological polar surface area (TPSA) is 92.4 Å². The third-order valence-electron chi connectivity index (χ3n) is 6.10. The molecule has 0 saturated heterocycles. The third kappa shape index (κ3) is 5.62. The molecule has 36 heavy (non-hydrogen) atoms. The molecule has 190 valence electrons. The molecule has 8 nitrogen and oxygen atoms in total. The van der Waals surface area contributed by atoms with E-state index >= 15 is 0 Å². The molecule has 9 heteroatoms. The zero-order valence-electron chi connectivity index (χ0n) is 21.0. The molecule has 1 atom stereocenters. The summed E-state index contributed by atoms with van der Waals surface area (Å²) in [6.07, 6.45) is 4.54. The predicted molar refractivity (Wildman–Crippen MR) is 138 cm³/mol. The highest BCUT2D eigenvalue weighted by molar-refractivity contribution is 7.90. The van der Waals surface area contributed by atoms with Crippen LogP contribution in [0.25, 0.3) is 10.9 Å². The highest BCUT2D eigenvalue weighted by atomic mass is 32.2. The molecule has 0 spiro atoms. The van der Waals surface area contributed by atoms with E-state index in [1.54, 1.807) is 66.5 Å². The molecule has 2 aromatic carbocycles. The summed E-state index contributed by atoms with van der Waals surface area (Å²) in [4.78, 5) is 11.8. The maximum Gasteiger partial charge on any atom is 0.268 e. The van der Waals surface area contributed by atoms with Gasteiger partial charge in [-0.1, -0.05) is 24.6 Å². The smallest absolute Gasteiger partial charge is 0.268 e. The standard InChI is InChI=1S/C27H31N3O5S/c1-19-5-10-23(11-6-19)36(32,33)30-18-25(20(2)7-8-21(3)31)24-17-22(9-12-26(24)30)34-15-16-35-27-13-14-29(4)28-27/h5-6,9-14,17-18,20H,7-8,15-16H2,1-4H3. The van der Waals surface area contributed by atoms with Gasteiger partial charge in [-0.05, 0) is 62.1 Å². The maximum atomic E-state index is 13.5. The summed E-state index contributed by atoms with van der Waals surface area (Å²) < 4.78 is 41.6. The van der Waals surface area contributed by atoms with Crippen LogP contribution in [0.1, 0.15) is 43.7 Å². The Morgan fingerprint density at radius 1 is 1.06 bits per heavy atom. The number of carbonyl (C=O) groups is 1.